The second-order valence-corrected chi connectivity index (χ2v) is 6.12. The third kappa shape index (κ3) is 6.13. The molecular weight excluding hydrogens is 352 g/mol. The van der Waals surface area contributed by atoms with E-state index in [1.54, 1.807) is 0 Å². The van der Waals surface area contributed by atoms with Crippen molar-refractivity contribution in [3.05, 3.63) is 65.7 Å². The van der Waals surface area contributed by atoms with Crippen LogP contribution in [-0.2, 0) is 10.5 Å². The number of carbonyl (C=O) groups excluding carboxylic acids is 1. The number of rotatable bonds is 5. The Bertz CT molecular complexity index is 714. The fourth-order valence-electron chi connectivity index (χ4n) is 1.74. The van der Waals surface area contributed by atoms with Crippen molar-refractivity contribution in [1.82, 2.24) is 10.9 Å². The molecule has 2 aromatic carbocycles. The molecule has 0 fully saturated rings. The van der Waals surface area contributed by atoms with Gasteiger partial charge >= 0.3 is 0 Å². The van der Waals surface area contributed by atoms with E-state index in [1.165, 1.54) is 17.8 Å². The Balaban J connectivity index is 1.68. The van der Waals surface area contributed by atoms with Crippen molar-refractivity contribution in [2.24, 2.45) is 0 Å². The van der Waals surface area contributed by atoms with Gasteiger partial charge in [0.05, 0.1) is 11.4 Å². The SMILES string of the molecule is O=C(CSCc1ccccc1)NNC(=S)Nc1ccc(F)cc1F. The Kier molecular flexibility index (Phi) is 6.95. The van der Waals surface area contributed by atoms with Crippen LogP contribution in [-0.4, -0.2) is 16.8 Å². The fourth-order valence-corrected chi connectivity index (χ4v) is 2.69. The van der Waals surface area contributed by atoms with Crippen LogP contribution in [0.2, 0.25) is 0 Å². The molecule has 0 atom stereocenters. The van der Waals surface area contributed by atoms with Crippen LogP contribution in [0.15, 0.2) is 48.5 Å². The minimum absolute atomic E-state index is 0.00178. The number of hydrogen-bond donors (Lipinski definition) is 3. The summed E-state index contributed by atoms with van der Waals surface area (Å²) < 4.78 is 26.3. The van der Waals surface area contributed by atoms with E-state index in [4.69, 9.17) is 12.2 Å². The summed E-state index contributed by atoms with van der Waals surface area (Å²) >= 11 is 6.39. The quantitative estimate of drug-likeness (QED) is 0.560. The van der Waals surface area contributed by atoms with Gasteiger partial charge in [0.2, 0.25) is 5.91 Å². The molecule has 126 valence electrons. The molecule has 0 aromatic heterocycles. The van der Waals surface area contributed by atoms with Gasteiger partial charge in [0, 0.05) is 11.8 Å². The van der Waals surface area contributed by atoms with Crippen LogP contribution in [0.25, 0.3) is 0 Å². The molecule has 0 bridgehead atoms. The number of thiocarbonyl (C=S) groups is 1. The van der Waals surface area contributed by atoms with Gasteiger partial charge in [-0.15, -0.1) is 11.8 Å². The summed E-state index contributed by atoms with van der Waals surface area (Å²) in [5.41, 5.74) is 6.03. The topological polar surface area (TPSA) is 53.2 Å². The number of hydrogen-bond acceptors (Lipinski definition) is 3. The average Bonchev–Trinajstić information content (AvgIpc) is 2.56. The van der Waals surface area contributed by atoms with Gasteiger partial charge in [-0.2, -0.15) is 0 Å². The van der Waals surface area contributed by atoms with Gasteiger partial charge in [-0.25, -0.2) is 8.78 Å². The Hall–Kier alpha value is -2.19. The standard InChI is InChI=1S/C16H15F2N3OS2/c17-12-6-7-14(13(18)8-12)19-16(23)21-20-15(22)10-24-9-11-4-2-1-3-5-11/h1-8H,9-10H2,(H,20,22)(H2,19,21,23). The maximum absolute atomic E-state index is 13.5. The van der Waals surface area contributed by atoms with Crippen LogP contribution in [0.5, 0.6) is 0 Å². The van der Waals surface area contributed by atoms with Crippen LogP contribution < -0.4 is 16.2 Å². The Morgan fingerprint density at radius 2 is 1.83 bits per heavy atom. The normalized spacial score (nSPS) is 10.1. The summed E-state index contributed by atoms with van der Waals surface area (Å²) in [5.74, 6) is -0.753. The number of carbonyl (C=O) groups is 1. The Morgan fingerprint density at radius 3 is 2.54 bits per heavy atom. The van der Waals surface area contributed by atoms with Crippen molar-refractivity contribution in [2.45, 2.75) is 5.75 Å². The predicted molar refractivity (Wildman–Crippen MR) is 96.5 cm³/mol. The minimum atomic E-state index is -0.774. The minimum Gasteiger partial charge on any atom is -0.329 e. The first kappa shape index (κ1) is 18.2. The molecule has 24 heavy (non-hydrogen) atoms. The van der Waals surface area contributed by atoms with E-state index >= 15 is 0 Å². The summed E-state index contributed by atoms with van der Waals surface area (Å²) in [5, 5.41) is 2.53. The molecule has 2 aromatic rings. The molecule has 8 heteroatoms. The van der Waals surface area contributed by atoms with Crippen LogP contribution in [0.4, 0.5) is 14.5 Å². The lowest BCUT2D eigenvalue weighted by Crippen LogP contribution is -2.44. The van der Waals surface area contributed by atoms with Crippen LogP contribution in [0.3, 0.4) is 0 Å². The third-order valence-electron chi connectivity index (χ3n) is 2.84. The highest BCUT2D eigenvalue weighted by atomic mass is 32.2. The zero-order chi connectivity index (χ0) is 17.4. The lowest BCUT2D eigenvalue weighted by molar-refractivity contribution is -0.119. The second-order valence-electron chi connectivity index (χ2n) is 4.73. The van der Waals surface area contributed by atoms with E-state index < -0.39 is 11.6 Å². The summed E-state index contributed by atoms with van der Waals surface area (Å²) in [7, 11) is 0. The fraction of sp³-hybridized carbons (Fsp3) is 0.125. The molecule has 0 saturated heterocycles. The number of benzene rings is 2. The highest BCUT2D eigenvalue weighted by Gasteiger charge is 2.07. The van der Waals surface area contributed by atoms with Gasteiger partial charge in [0.1, 0.15) is 11.6 Å². The van der Waals surface area contributed by atoms with Crippen LogP contribution in [0.1, 0.15) is 5.56 Å². The third-order valence-corrected chi connectivity index (χ3v) is 4.05. The zero-order valence-electron chi connectivity index (χ0n) is 12.5. The smallest absolute Gasteiger partial charge is 0.248 e. The summed E-state index contributed by atoms with van der Waals surface area (Å²) in [6.07, 6.45) is 0. The highest BCUT2D eigenvalue weighted by Crippen LogP contribution is 2.14. The first-order valence-corrected chi connectivity index (χ1v) is 8.53. The van der Waals surface area contributed by atoms with E-state index in [-0.39, 0.29) is 22.5 Å². The summed E-state index contributed by atoms with van der Waals surface area (Å²) in [6.45, 7) is 0. The maximum atomic E-state index is 13.5. The van der Waals surface area contributed by atoms with Gasteiger partial charge in [-0.1, -0.05) is 30.3 Å². The molecule has 4 nitrogen and oxygen atoms in total. The number of amides is 1. The van der Waals surface area contributed by atoms with Crippen molar-refractivity contribution in [1.29, 1.82) is 0 Å². The molecule has 0 spiro atoms. The number of halogens is 2. The number of hydrazine groups is 1. The largest absolute Gasteiger partial charge is 0.329 e. The van der Waals surface area contributed by atoms with Gasteiger partial charge in [-0.3, -0.25) is 15.6 Å². The van der Waals surface area contributed by atoms with E-state index in [2.05, 4.69) is 16.2 Å². The molecule has 2 rings (SSSR count). The van der Waals surface area contributed by atoms with Gasteiger partial charge in [0.15, 0.2) is 5.11 Å². The number of nitrogens with one attached hydrogen (secondary N) is 3. The molecule has 1 amide bonds. The molecule has 0 aliphatic rings. The van der Waals surface area contributed by atoms with Crippen molar-refractivity contribution < 1.29 is 13.6 Å². The van der Waals surface area contributed by atoms with Crippen molar-refractivity contribution in [3.63, 3.8) is 0 Å². The van der Waals surface area contributed by atoms with Crippen molar-refractivity contribution >= 4 is 40.7 Å². The monoisotopic (exact) mass is 367 g/mol. The molecule has 3 N–H and O–H groups in total. The molecule has 0 radical (unpaired) electrons. The molecule has 0 aliphatic carbocycles. The van der Waals surface area contributed by atoms with E-state index in [9.17, 15) is 13.6 Å². The molecule has 0 saturated carbocycles. The second kappa shape index (κ2) is 9.19. The summed E-state index contributed by atoms with van der Waals surface area (Å²) in [4.78, 5) is 11.7. The number of anilines is 1. The highest BCUT2D eigenvalue weighted by molar-refractivity contribution is 7.99. The Labute approximate surface area is 148 Å². The molecule has 0 unspecified atom stereocenters. The lowest BCUT2D eigenvalue weighted by Gasteiger charge is -2.12. The first-order valence-electron chi connectivity index (χ1n) is 6.97. The average molecular weight is 367 g/mol. The first-order chi connectivity index (χ1) is 11.5. The van der Waals surface area contributed by atoms with Crippen LogP contribution >= 0.6 is 24.0 Å². The molecule has 0 aliphatic heterocycles. The van der Waals surface area contributed by atoms with E-state index in [1.807, 2.05) is 30.3 Å². The molecular formula is C16H15F2N3OS2. The van der Waals surface area contributed by atoms with Crippen molar-refractivity contribution in [3.8, 4) is 0 Å². The number of thioether (sulfide) groups is 1. The predicted octanol–water partition coefficient (Wildman–Crippen LogP) is 3.22. The molecule has 0 heterocycles. The van der Waals surface area contributed by atoms with Crippen LogP contribution in [0, 0.1) is 11.6 Å². The van der Waals surface area contributed by atoms with Gasteiger partial charge in [0.25, 0.3) is 0 Å². The zero-order valence-corrected chi connectivity index (χ0v) is 14.1. The van der Waals surface area contributed by atoms with E-state index in [0.717, 1.165) is 23.4 Å². The Morgan fingerprint density at radius 1 is 1.08 bits per heavy atom. The lowest BCUT2D eigenvalue weighted by atomic mass is 10.2. The summed E-state index contributed by atoms with van der Waals surface area (Å²) in [6, 6.07) is 12.8. The van der Waals surface area contributed by atoms with E-state index in [0.29, 0.717) is 0 Å². The maximum Gasteiger partial charge on any atom is 0.248 e. The van der Waals surface area contributed by atoms with Crippen molar-refractivity contribution in [2.75, 3.05) is 11.1 Å². The van der Waals surface area contributed by atoms with Gasteiger partial charge < -0.3 is 5.32 Å². The van der Waals surface area contributed by atoms with Gasteiger partial charge in [-0.05, 0) is 29.9 Å².